The fourth-order valence-corrected chi connectivity index (χ4v) is 3.28. The topological polar surface area (TPSA) is 29.1 Å². The maximum Gasteiger partial charge on any atom is 0.207 e. The van der Waals surface area contributed by atoms with Crippen molar-refractivity contribution in [2.24, 2.45) is 5.92 Å². The van der Waals surface area contributed by atoms with Gasteiger partial charge in [0.25, 0.3) is 0 Å². The second kappa shape index (κ2) is 5.77. The Kier molecular flexibility index (Phi) is 4.28. The maximum absolute atomic E-state index is 10.5. The Morgan fingerprint density at radius 2 is 1.79 bits per heavy atom. The fraction of sp³-hybridized carbons (Fsp3) is 0.588. The zero-order valence-corrected chi connectivity index (χ0v) is 12.3. The molecule has 2 heteroatoms. The van der Waals surface area contributed by atoms with Crippen LogP contribution in [0.3, 0.4) is 0 Å². The first-order valence-electron chi connectivity index (χ1n) is 7.36. The van der Waals surface area contributed by atoms with E-state index >= 15 is 0 Å². The molecule has 0 saturated heterocycles. The number of carbonyl (C=O) groups is 1. The number of carbonyl (C=O) groups excluding carboxylic acids is 1. The Hall–Kier alpha value is -1.31. The smallest absolute Gasteiger partial charge is 0.207 e. The van der Waals surface area contributed by atoms with Crippen LogP contribution in [0.4, 0.5) is 0 Å². The predicted molar refractivity (Wildman–Crippen MR) is 79.0 cm³/mol. The number of hydrogen-bond acceptors (Lipinski definition) is 1. The number of amides is 1. The van der Waals surface area contributed by atoms with Gasteiger partial charge < -0.3 is 5.32 Å². The summed E-state index contributed by atoms with van der Waals surface area (Å²) < 4.78 is 0. The molecule has 1 aliphatic carbocycles. The summed E-state index contributed by atoms with van der Waals surface area (Å²) >= 11 is 0. The molecule has 1 fully saturated rings. The number of nitrogens with one attached hydrogen (secondary N) is 1. The highest BCUT2D eigenvalue weighted by molar-refractivity contribution is 5.47. The third kappa shape index (κ3) is 2.99. The van der Waals surface area contributed by atoms with E-state index in [-0.39, 0.29) is 11.5 Å². The largest absolute Gasteiger partial charge is 0.352 e. The van der Waals surface area contributed by atoms with E-state index in [0.29, 0.717) is 0 Å². The third-order valence-corrected chi connectivity index (χ3v) is 4.85. The average molecular weight is 259 g/mol. The summed E-state index contributed by atoms with van der Waals surface area (Å²) in [6.45, 7) is 6.74. The van der Waals surface area contributed by atoms with E-state index in [0.717, 1.165) is 17.9 Å². The van der Waals surface area contributed by atoms with Gasteiger partial charge in [0.05, 0.1) is 6.04 Å². The van der Waals surface area contributed by atoms with E-state index in [4.69, 9.17) is 0 Å². The van der Waals surface area contributed by atoms with Crippen LogP contribution in [0.25, 0.3) is 0 Å². The van der Waals surface area contributed by atoms with Crippen LogP contribution in [0.15, 0.2) is 24.3 Å². The summed E-state index contributed by atoms with van der Waals surface area (Å²) in [5.41, 5.74) is 2.84. The van der Waals surface area contributed by atoms with Gasteiger partial charge in [0.2, 0.25) is 6.41 Å². The summed E-state index contributed by atoms with van der Waals surface area (Å²) in [5.74, 6) is 0.809. The van der Waals surface area contributed by atoms with E-state index in [9.17, 15) is 4.79 Å². The van der Waals surface area contributed by atoms with Crippen LogP contribution in [0.5, 0.6) is 0 Å². The molecule has 1 amide bonds. The van der Waals surface area contributed by atoms with Crippen LogP contribution >= 0.6 is 0 Å². The van der Waals surface area contributed by atoms with Crippen LogP contribution in [0.2, 0.25) is 0 Å². The first-order valence-corrected chi connectivity index (χ1v) is 7.36. The maximum atomic E-state index is 10.5. The molecule has 0 bridgehead atoms. The van der Waals surface area contributed by atoms with Crippen molar-refractivity contribution in [2.75, 3.05) is 0 Å². The van der Waals surface area contributed by atoms with Gasteiger partial charge >= 0.3 is 0 Å². The van der Waals surface area contributed by atoms with Crippen molar-refractivity contribution in [3.63, 3.8) is 0 Å². The molecular formula is C17H25NO. The molecule has 1 saturated carbocycles. The Bertz CT molecular complexity index is 415. The van der Waals surface area contributed by atoms with Crippen molar-refractivity contribution < 1.29 is 4.79 Å². The summed E-state index contributed by atoms with van der Waals surface area (Å²) in [6.07, 6.45) is 6.25. The van der Waals surface area contributed by atoms with Crippen molar-refractivity contribution in [1.82, 2.24) is 5.32 Å². The Balaban J connectivity index is 2.14. The summed E-state index contributed by atoms with van der Waals surface area (Å²) in [7, 11) is 0. The second-order valence-electron chi connectivity index (χ2n) is 6.33. The van der Waals surface area contributed by atoms with Crippen molar-refractivity contribution in [2.45, 2.75) is 57.9 Å². The minimum absolute atomic E-state index is 0.0844. The lowest BCUT2D eigenvalue weighted by Gasteiger charge is -2.32. The fourth-order valence-electron chi connectivity index (χ4n) is 3.28. The second-order valence-corrected chi connectivity index (χ2v) is 6.33. The zero-order chi connectivity index (χ0) is 13.9. The first-order chi connectivity index (χ1) is 9.05. The zero-order valence-electron chi connectivity index (χ0n) is 12.3. The highest BCUT2D eigenvalue weighted by Gasteiger charge is 2.33. The number of rotatable bonds is 5. The van der Waals surface area contributed by atoms with Crippen LogP contribution in [0.1, 0.15) is 63.6 Å². The van der Waals surface area contributed by atoms with E-state index < -0.39 is 0 Å². The lowest BCUT2D eigenvalue weighted by atomic mass is 9.72. The van der Waals surface area contributed by atoms with Gasteiger partial charge in [-0.3, -0.25) is 4.79 Å². The number of hydrogen-bond donors (Lipinski definition) is 1. The Labute approximate surface area is 116 Å². The first kappa shape index (κ1) is 14.1. The molecule has 104 valence electrons. The predicted octanol–water partition coefficient (Wildman–Crippen LogP) is 3.96. The van der Waals surface area contributed by atoms with Gasteiger partial charge in [0.15, 0.2) is 0 Å². The molecule has 0 spiro atoms. The van der Waals surface area contributed by atoms with E-state index in [1.54, 1.807) is 0 Å². The summed E-state index contributed by atoms with van der Waals surface area (Å²) in [5, 5.41) is 2.79. The SMILES string of the molecule is CC(NC=O)c1ccc(C(C)(C)C2CCCC2)cc1. The monoisotopic (exact) mass is 259 g/mol. The molecule has 1 aliphatic rings. The van der Waals surface area contributed by atoms with Crippen molar-refractivity contribution in [3.05, 3.63) is 35.4 Å². The van der Waals surface area contributed by atoms with Crippen molar-refractivity contribution in [3.8, 4) is 0 Å². The minimum Gasteiger partial charge on any atom is -0.352 e. The molecule has 1 aromatic rings. The molecular weight excluding hydrogens is 234 g/mol. The van der Waals surface area contributed by atoms with Gasteiger partial charge in [-0.25, -0.2) is 0 Å². The lowest BCUT2D eigenvalue weighted by Crippen LogP contribution is -2.26. The van der Waals surface area contributed by atoms with Crippen LogP contribution in [-0.4, -0.2) is 6.41 Å². The molecule has 0 radical (unpaired) electrons. The highest BCUT2D eigenvalue weighted by Crippen LogP contribution is 2.41. The Morgan fingerprint density at radius 1 is 1.21 bits per heavy atom. The van der Waals surface area contributed by atoms with Crippen LogP contribution in [-0.2, 0) is 10.2 Å². The molecule has 1 atom stereocenters. The molecule has 1 N–H and O–H groups in total. The molecule has 19 heavy (non-hydrogen) atoms. The normalized spacial score (nSPS) is 18.3. The van der Waals surface area contributed by atoms with Crippen LogP contribution in [0, 0.1) is 5.92 Å². The van der Waals surface area contributed by atoms with Gasteiger partial charge in [0.1, 0.15) is 0 Å². The summed E-state index contributed by atoms with van der Waals surface area (Å²) in [4.78, 5) is 10.5. The Morgan fingerprint density at radius 3 is 2.32 bits per heavy atom. The standard InChI is InChI=1S/C17H25NO/c1-13(18-12-19)14-8-10-16(11-9-14)17(2,3)15-6-4-5-7-15/h8-13,15H,4-7H2,1-3H3,(H,18,19). The average Bonchev–Trinajstić information content (AvgIpc) is 2.94. The van der Waals surface area contributed by atoms with Gasteiger partial charge in [-0.05, 0) is 42.2 Å². The van der Waals surface area contributed by atoms with Gasteiger partial charge in [0, 0.05) is 0 Å². The van der Waals surface area contributed by atoms with Gasteiger partial charge in [-0.1, -0.05) is 51.0 Å². The lowest BCUT2D eigenvalue weighted by molar-refractivity contribution is -0.110. The van der Waals surface area contributed by atoms with Crippen molar-refractivity contribution in [1.29, 1.82) is 0 Å². The highest BCUT2D eigenvalue weighted by atomic mass is 16.1. The van der Waals surface area contributed by atoms with E-state index in [2.05, 4.69) is 43.4 Å². The van der Waals surface area contributed by atoms with Crippen LogP contribution < -0.4 is 5.32 Å². The third-order valence-electron chi connectivity index (χ3n) is 4.85. The molecule has 0 heterocycles. The molecule has 1 unspecified atom stereocenters. The van der Waals surface area contributed by atoms with E-state index in [1.165, 1.54) is 31.2 Å². The minimum atomic E-state index is 0.0844. The molecule has 1 aromatic carbocycles. The quantitative estimate of drug-likeness (QED) is 0.797. The molecule has 0 aliphatic heterocycles. The molecule has 2 rings (SSSR count). The van der Waals surface area contributed by atoms with Gasteiger partial charge in [-0.15, -0.1) is 0 Å². The molecule has 0 aromatic heterocycles. The molecule has 2 nitrogen and oxygen atoms in total. The van der Waals surface area contributed by atoms with Gasteiger partial charge in [-0.2, -0.15) is 0 Å². The van der Waals surface area contributed by atoms with E-state index in [1.807, 2.05) is 6.92 Å². The van der Waals surface area contributed by atoms with Crippen molar-refractivity contribution >= 4 is 6.41 Å². The summed E-state index contributed by atoms with van der Waals surface area (Å²) in [6, 6.07) is 8.84. The number of benzene rings is 1.